The largest absolute Gasteiger partial charge is 0.508 e. The first-order valence-corrected chi connectivity index (χ1v) is 38.7. The van der Waals surface area contributed by atoms with Crippen LogP contribution in [0.1, 0.15) is 36.0 Å². The molecule has 10 rings (SSSR count). The predicted molar refractivity (Wildman–Crippen MR) is 392 cm³/mol. The number of fused-ring (bicyclic) bond motifs is 2. The SMILES string of the molecule is NCC1OC(OC2C(N)CC(N)C(OC3OC(CSCCOCCS)C(O)C(N)C3O)C2O)C(N)CC1O.NCC1OC(OC2C(N)CC(N)C(OC3OC(CSCCOCCSCC(=O)Nc4ccc(-c5c6ccc(=O)cc-6oc6cc(O)ccc56)c(C(=O)O)c4)C(O)C(N)C3O)C2O)C(N)CC1O. The Labute approximate surface area is 623 Å². The van der Waals surface area contributed by atoms with Crippen molar-refractivity contribution < 1.29 is 112 Å². The summed E-state index contributed by atoms with van der Waals surface area (Å²) in [6.07, 6.45) is -20.7. The number of carbonyl (C=O) groups excluding carboxylic acids is 1. The van der Waals surface area contributed by atoms with E-state index in [1.165, 1.54) is 65.6 Å². The lowest BCUT2D eigenvalue weighted by atomic mass is 9.84. The fraction of sp³-hybridized carbons (Fsp3) is 0.682. The Morgan fingerprint density at radius 3 is 1.46 bits per heavy atom. The molecule has 590 valence electrons. The second-order valence-corrected chi connectivity index (χ2v) is 30.6. The number of amides is 1. The van der Waals surface area contributed by atoms with Crippen molar-refractivity contribution in [2.24, 2.45) is 57.3 Å². The number of thiol groups is 1. The van der Waals surface area contributed by atoms with E-state index in [-0.39, 0.29) is 90.0 Å². The van der Waals surface area contributed by atoms with Gasteiger partial charge >= 0.3 is 5.97 Å². The number of carboxylic acid groups (broad SMARTS) is 1. The van der Waals surface area contributed by atoms with Gasteiger partial charge in [-0.25, -0.2) is 4.79 Å². The average molecular weight is 1560 g/mol. The number of aliphatic hydroxyl groups is 8. The van der Waals surface area contributed by atoms with Crippen LogP contribution in [0.5, 0.6) is 5.75 Å². The van der Waals surface area contributed by atoms with E-state index in [9.17, 15) is 65.4 Å². The second-order valence-electron chi connectivity index (χ2n) is 26.8. The van der Waals surface area contributed by atoms with E-state index in [4.69, 9.17) is 109 Å². The fourth-order valence-electron chi connectivity index (χ4n) is 13.4. The highest BCUT2D eigenvalue weighted by atomic mass is 32.2. The highest BCUT2D eigenvalue weighted by molar-refractivity contribution is 8.00. The van der Waals surface area contributed by atoms with Gasteiger partial charge in [0.05, 0.1) is 111 Å². The quantitative estimate of drug-likeness (QED) is 0.0132. The molecule has 0 radical (unpaired) electrons. The number of nitrogens with two attached hydrogens (primary N) is 10. The molecule has 2 aromatic carbocycles. The summed E-state index contributed by atoms with van der Waals surface area (Å²) in [7, 11) is 0. The molecule has 28 unspecified atom stereocenters. The van der Waals surface area contributed by atoms with Gasteiger partial charge in [0.15, 0.2) is 30.6 Å². The minimum absolute atomic E-state index is 0.0233. The summed E-state index contributed by atoms with van der Waals surface area (Å²) < 4.78 is 64.4. The lowest BCUT2D eigenvalue weighted by molar-refractivity contribution is -0.309. The van der Waals surface area contributed by atoms with Crippen LogP contribution in [0.4, 0.5) is 5.69 Å². The first kappa shape index (κ1) is 85.2. The van der Waals surface area contributed by atoms with Gasteiger partial charge in [-0.2, -0.15) is 36.2 Å². The van der Waals surface area contributed by atoms with Crippen molar-refractivity contribution in [3.63, 3.8) is 0 Å². The Morgan fingerprint density at radius 2 is 0.981 bits per heavy atom. The van der Waals surface area contributed by atoms with Crippen LogP contribution in [0.2, 0.25) is 0 Å². The van der Waals surface area contributed by atoms with Crippen molar-refractivity contribution in [2.45, 2.75) is 197 Å². The number of thioether (sulfide) groups is 3. The maximum absolute atomic E-state index is 12.9. The lowest BCUT2D eigenvalue weighted by Crippen LogP contribution is -2.68. The number of carboxylic acids is 1. The van der Waals surface area contributed by atoms with Crippen molar-refractivity contribution >= 4 is 76.4 Å². The van der Waals surface area contributed by atoms with Crippen molar-refractivity contribution in [1.29, 1.82) is 0 Å². The average Bonchev–Trinajstić information content (AvgIpc) is 0.748. The van der Waals surface area contributed by atoms with Crippen LogP contribution in [-0.2, 0) is 52.2 Å². The minimum atomic E-state index is -1.47. The maximum atomic E-state index is 12.9. The molecular formula is C66H103N11O24S4. The zero-order valence-electron chi connectivity index (χ0n) is 57.5. The van der Waals surface area contributed by atoms with Crippen LogP contribution < -0.4 is 68.1 Å². The number of phenolic OH excluding ortho intramolecular Hbond substituents is 1. The number of ether oxygens (including phenoxy) is 10. The minimum Gasteiger partial charge on any atom is -0.508 e. The van der Waals surface area contributed by atoms with Gasteiger partial charge in [-0.15, -0.1) is 11.8 Å². The van der Waals surface area contributed by atoms with Crippen LogP contribution in [0.3, 0.4) is 0 Å². The summed E-state index contributed by atoms with van der Waals surface area (Å²) in [5, 5.41) is 109. The molecule has 0 spiro atoms. The number of hydrogen-bond donors (Lipinski definition) is 22. The Kier molecular flexibility index (Phi) is 32.3. The second kappa shape index (κ2) is 39.9. The number of phenols is 1. The molecule has 2 saturated carbocycles. The molecule has 3 aliphatic carbocycles. The molecule has 5 heterocycles. The zero-order chi connectivity index (χ0) is 76.1. The number of rotatable bonds is 30. The molecule has 31 N–H and O–H groups in total. The number of nitrogens with one attached hydrogen (secondary N) is 1. The van der Waals surface area contributed by atoms with E-state index >= 15 is 0 Å². The molecule has 2 aromatic rings. The first-order chi connectivity index (χ1) is 50.1. The smallest absolute Gasteiger partial charge is 0.336 e. The molecule has 5 aliphatic heterocycles. The summed E-state index contributed by atoms with van der Waals surface area (Å²) in [5.41, 5.74) is 62.6. The summed E-state index contributed by atoms with van der Waals surface area (Å²) in [4.78, 5) is 37.5. The molecule has 28 atom stereocenters. The molecule has 8 aliphatic rings. The molecular weight excluding hydrogens is 1460 g/mol. The van der Waals surface area contributed by atoms with E-state index in [2.05, 4.69) is 17.9 Å². The Morgan fingerprint density at radius 1 is 0.524 bits per heavy atom. The van der Waals surface area contributed by atoms with E-state index < -0.39 is 177 Å². The molecule has 6 fully saturated rings. The van der Waals surface area contributed by atoms with E-state index in [0.717, 1.165) is 0 Å². The van der Waals surface area contributed by atoms with Crippen LogP contribution in [0, 0.1) is 0 Å². The number of anilines is 1. The first-order valence-electron chi connectivity index (χ1n) is 34.6. The summed E-state index contributed by atoms with van der Waals surface area (Å²) in [6.45, 7) is 1.82. The van der Waals surface area contributed by atoms with Gasteiger partial charge < -0.3 is 166 Å². The molecule has 1 amide bonds. The number of aliphatic hydroxyl groups excluding tert-OH is 8. The van der Waals surface area contributed by atoms with Gasteiger partial charge in [0.1, 0.15) is 65.9 Å². The molecule has 4 saturated heterocycles. The standard InChI is InChI=1S/C44H58N6O15S2.C22H45N5O9S2/c45-16-32-29(53)15-28(48)43(62-32)64-40-26(46)14-27(47)41(39(40)57)65-44-38(56)36(49)37(55)33(63-44)17-66-9-7-60-8-10-67-18-34(54)50-19-1-4-22(25(11-19)42(58)59)35-23-5-2-20(51)12-30(23)61-31-13-21(52)3-6-24(31)35;23-7-13-12(28)6-11(26)21(33-13)35-19-9(24)5-10(25)20(18(19)31)36-22-17(30)15(27)16(29)14(34-22)8-38-4-2-32-1-3-37/h1-6,11-13,26-29,32-33,36-41,43-44,51,53,55-57H,7-10,14-18,45-49H2,(H,50,54)(H,58,59);9-22,28-31,37H,1-8,23-27H2. The number of aromatic hydroxyl groups is 1. The summed E-state index contributed by atoms with van der Waals surface area (Å²) in [6, 6.07) is 6.66. The van der Waals surface area contributed by atoms with Crippen molar-refractivity contribution in [3.05, 3.63) is 70.4 Å². The molecule has 0 aromatic heterocycles. The highest BCUT2D eigenvalue weighted by Gasteiger charge is 2.53. The number of benzene rings is 3. The number of carbonyl (C=O) groups is 2. The van der Waals surface area contributed by atoms with Gasteiger partial charge in [0, 0.05) is 106 Å². The summed E-state index contributed by atoms with van der Waals surface area (Å²) >= 11 is 8.32. The van der Waals surface area contributed by atoms with E-state index in [1.807, 2.05) is 0 Å². The third-order valence-electron chi connectivity index (χ3n) is 19.1. The number of aromatic carboxylic acids is 1. The van der Waals surface area contributed by atoms with Crippen molar-refractivity contribution in [3.8, 4) is 28.2 Å². The van der Waals surface area contributed by atoms with Gasteiger partial charge in [-0.05, 0) is 67.6 Å². The molecule has 105 heavy (non-hydrogen) atoms. The molecule has 39 heteroatoms. The van der Waals surface area contributed by atoms with Crippen LogP contribution in [0.25, 0.3) is 33.4 Å². The Bertz CT molecular complexity index is 3430. The predicted octanol–water partition coefficient (Wildman–Crippen LogP) is -5.49. The third-order valence-corrected chi connectivity index (χ3v) is 22.2. The molecule has 0 bridgehead atoms. The van der Waals surface area contributed by atoms with Crippen LogP contribution in [0.15, 0.2) is 63.8 Å². The molecule has 35 nitrogen and oxygen atoms in total. The van der Waals surface area contributed by atoms with Crippen molar-refractivity contribution in [2.75, 3.05) is 85.1 Å². The van der Waals surface area contributed by atoms with Crippen LogP contribution >= 0.6 is 47.9 Å². The van der Waals surface area contributed by atoms with E-state index in [0.29, 0.717) is 77.3 Å². The Balaban J connectivity index is 0.000000285. The lowest BCUT2D eigenvalue weighted by Gasteiger charge is -2.48. The van der Waals surface area contributed by atoms with Crippen LogP contribution in [-0.4, -0.2) is 314 Å². The highest BCUT2D eigenvalue weighted by Crippen LogP contribution is 2.43. The Hall–Kier alpha value is -3.85. The monoisotopic (exact) mass is 1560 g/mol. The van der Waals surface area contributed by atoms with Gasteiger partial charge in [0.2, 0.25) is 5.91 Å². The maximum Gasteiger partial charge on any atom is 0.336 e. The van der Waals surface area contributed by atoms with Crippen molar-refractivity contribution in [1.82, 2.24) is 0 Å². The van der Waals surface area contributed by atoms with Gasteiger partial charge in [-0.1, -0.05) is 6.07 Å². The normalized spacial score (nSPS) is 36.7. The third kappa shape index (κ3) is 21.6. The summed E-state index contributed by atoms with van der Waals surface area (Å²) in [5.74, 6) is 1.54. The van der Waals surface area contributed by atoms with Gasteiger partial charge in [0.25, 0.3) is 0 Å². The van der Waals surface area contributed by atoms with Gasteiger partial charge in [-0.3, -0.25) is 9.59 Å². The fourth-order valence-corrected chi connectivity index (χ4v) is 16.0. The topological polar surface area (TPSA) is 631 Å². The number of hydrogen-bond acceptors (Lipinski definition) is 37. The zero-order valence-corrected chi connectivity index (χ0v) is 60.9. The van der Waals surface area contributed by atoms with E-state index in [1.54, 1.807) is 24.3 Å².